The molecule has 0 saturated carbocycles. The van der Waals surface area contributed by atoms with Crippen molar-refractivity contribution in [1.82, 2.24) is 0 Å². The zero-order chi connectivity index (χ0) is 12.8. The van der Waals surface area contributed by atoms with E-state index in [9.17, 15) is 4.79 Å². The van der Waals surface area contributed by atoms with Gasteiger partial charge in [-0.3, -0.25) is 4.79 Å². The van der Waals surface area contributed by atoms with Crippen LogP contribution in [0.1, 0.15) is 65.2 Å². The molecule has 1 aliphatic carbocycles. The van der Waals surface area contributed by atoms with Crippen LogP contribution >= 0.6 is 0 Å². The lowest BCUT2D eigenvalue weighted by Crippen LogP contribution is -1.92. The summed E-state index contributed by atoms with van der Waals surface area (Å²) in [5, 5.41) is 0. The van der Waals surface area contributed by atoms with Crippen LogP contribution in [0, 0.1) is 5.92 Å². The maximum atomic E-state index is 9.72. The molecule has 0 saturated heterocycles. The first kappa shape index (κ1) is 16.2. The molecule has 0 aliphatic heterocycles. The first-order chi connectivity index (χ1) is 8.27. The molecule has 1 aliphatic rings. The van der Waals surface area contributed by atoms with Gasteiger partial charge in [0.05, 0.1) is 6.61 Å². The maximum Gasteiger partial charge on any atom is 0.293 e. The molecule has 100 valence electrons. The predicted octanol–water partition coefficient (Wildman–Crippen LogP) is 4.49. The second-order valence-corrected chi connectivity index (χ2v) is 4.97. The molecule has 0 heterocycles. The van der Waals surface area contributed by atoms with Crippen molar-refractivity contribution in [2.75, 3.05) is 6.61 Å². The second kappa shape index (κ2) is 13.3. The van der Waals surface area contributed by atoms with Crippen LogP contribution in [0.15, 0.2) is 12.2 Å². The van der Waals surface area contributed by atoms with E-state index in [1.54, 1.807) is 0 Å². The Hall–Kier alpha value is -0.790. The van der Waals surface area contributed by atoms with Crippen LogP contribution in [0.3, 0.4) is 0 Å². The Morgan fingerprint density at radius 3 is 2.18 bits per heavy atom. The Balaban J connectivity index is 0.000000354. The summed E-state index contributed by atoms with van der Waals surface area (Å²) < 4.78 is 4.56. The molecule has 0 amide bonds. The third-order valence-electron chi connectivity index (χ3n) is 2.77. The number of hydrogen-bond acceptors (Lipinski definition) is 2. The summed E-state index contributed by atoms with van der Waals surface area (Å²) >= 11 is 0. The molecule has 0 fully saturated rings. The SMILES string of the molecule is C1=CCCCC1.CC(C)CCCCCOC=O. The highest BCUT2D eigenvalue weighted by atomic mass is 16.5. The number of ether oxygens (including phenoxy) is 1. The van der Waals surface area contributed by atoms with Crippen LogP contribution in [-0.4, -0.2) is 13.1 Å². The standard InChI is InChI=1S/C9H18O2.C6H10/c1-9(2)6-4-3-5-7-11-8-10;1-2-4-6-5-3-1/h8-9H,3-7H2,1-2H3;1-2H,3-6H2. The second-order valence-electron chi connectivity index (χ2n) is 4.97. The molecule has 0 aromatic carbocycles. The van der Waals surface area contributed by atoms with Gasteiger partial charge in [0.25, 0.3) is 6.47 Å². The molecule has 0 unspecified atom stereocenters. The smallest absolute Gasteiger partial charge is 0.293 e. The van der Waals surface area contributed by atoms with Crippen molar-refractivity contribution in [2.24, 2.45) is 5.92 Å². The van der Waals surface area contributed by atoms with Crippen LogP contribution < -0.4 is 0 Å². The lowest BCUT2D eigenvalue weighted by molar-refractivity contribution is -0.128. The van der Waals surface area contributed by atoms with Crippen molar-refractivity contribution in [3.8, 4) is 0 Å². The van der Waals surface area contributed by atoms with Gasteiger partial charge in [-0.05, 0) is 38.0 Å². The summed E-state index contributed by atoms with van der Waals surface area (Å²) in [4.78, 5) is 9.72. The third kappa shape index (κ3) is 15.2. The number of allylic oxidation sites excluding steroid dienone is 2. The highest BCUT2D eigenvalue weighted by Crippen LogP contribution is 2.08. The average Bonchev–Trinajstić information content (AvgIpc) is 2.36. The molecule has 0 N–H and O–H groups in total. The summed E-state index contributed by atoms with van der Waals surface area (Å²) in [7, 11) is 0. The van der Waals surface area contributed by atoms with E-state index in [0.29, 0.717) is 13.1 Å². The zero-order valence-electron chi connectivity index (χ0n) is 11.5. The van der Waals surface area contributed by atoms with Gasteiger partial charge in [-0.15, -0.1) is 0 Å². The van der Waals surface area contributed by atoms with Gasteiger partial charge in [0, 0.05) is 0 Å². The molecule has 1 rings (SSSR count). The summed E-state index contributed by atoms with van der Waals surface area (Å²) in [5.74, 6) is 0.794. The monoisotopic (exact) mass is 240 g/mol. The Kier molecular flexibility index (Phi) is 12.7. The van der Waals surface area contributed by atoms with Crippen molar-refractivity contribution >= 4 is 6.47 Å². The van der Waals surface area contributed by atoms with E-state index in [-0.39, 0.29) is 0 Å². The van der Waals surface area contributed by atoms with E-state index in [1.807, 2.05) is 0 Å². The predicted molar refractivity (Wildman–Crippen MR) is 72.9 cm³/mol. The van der Waals surface area contributed by atoms with E-state index in [1.165, 1.54) is 44.9 Å². The quantitative estimate of drug-likeness (QED) is 0.372. The van der Waals surface area contributed by atoms with E-state index >= 15 is 0 Å². The fraction of sp³-hybridized carbons (Fsp3) is 0.800. The van der Waals surface area contributed by atoms with Gasteiger partial charge < -0.3 is 4.74 Å². The van der Waals surface area contributed by atoms with Gasteiger partial charge in [0.2, 0.25) is 0 Å². The van der Waals surface area contributed by atoms with E-state index in [4.69, 9.17) is 0 Å². The highest BCUT2D eigenvalue weighted by Gasteiger charge is 1.93. The molecule has 0 spiro atoms. The highest BCUT2D eigenvalue weighted by molar-refractivity contribution is 5.36. The summed E-state index contributed by atoms with van der Waals surface area (Å²) in [6.07, 6.45) is 14.7. The minimum absolute atomic E-state index is 0.516. The normalized spacial score (nSPS) is 14.1. The third-order valence-corrected chi connectivity index (χ3v) is 2.77. The lowest BCUT2D eigenvalue weighted by atomic mass is 10.1. The number of hydrogen-bond donors (Lipinski definition) is 0. The first-order valence-corrected chi connectivity index (χ1v) is 6.97. The molecule has 2 nitrogen and oxygen atoms in total. The van der Waals surface area contributed by atoms with Gasteiger partial charge in [0.1, 0.15) is 0 Å². The molecule has 0 atom stereocenters. The number of rotatable bonds is 7. The van der Waals surface area contributed by atoms with Crippen molar-refractivity contribution in [3.63, 3.8) is 0 Å². The first-order valence-electron chi connectivity index (χ1n) is 6.97. The minimum Gasteiger partial charge on any atom is -0.468 e. The molecule has 0 aromatic rings. The van der Waals surface area contributed by atoms with Crippen molar-refractivity contribution in [1.29, 1.82) is 0 Å². The van der Waals surface area contributed by atoms with Crippen LogP contribution in [0.2, 0.25) is 0 Å². The number of unbranched alkanes of at least 4 members (excludes halogenated alkanes) is 2. The van der Waals surface area contributed by atoms with E-state index < -0.39 is 0 Å². The Bertz CT molecular complexity index is 177. The molecular formula is C15H28O2. The number of carbonyl (C=O) groups is 1. The molecule has 2 heteroatoms. The number of carbonyl (C=O) groups excluding carboxylic acids is 1. The van der Waals surface area contributed by atoms with Crippen LogP contribution in [0.25, 0.3) is 0 Å². The summed E-state index contributed by atoms with van der Waals surface area (Å²) in [6, 6.07) is 0. The van der Waals surface area contributed by atoms with Crippen LogP contribution in [-0.2, 0) is 9.53 Å². The zero-order valence-corrected chi connectivity index (χ0v) is 11.5. The van der Waals surface area contributed by atoms with Crippen LogP contribution in [0.4, 0.5) is 0 Å². The molecular weight excluding hydrogens is 212 g/mol. The Labute approximate surface area is 106 Å². The van der Waals surface area contributed by atoms with Crippen molar-refractivity contribution in [2.45, 2.75) is 65.2 Å². The summed E-state index contributed by atoms with van der Waals surface area (Å²) in [6.45, 7) is 5.55. The van der Waals surface area contributed by atoms with Crippen molar-refractivity contribution in [3.05, 3.63) is 12.2 Å². The van der Waals surface area contributed by atoms with Crippen LogP contribution in [0.5, 0.6) is 0 Å². The van der Waals surface area contributed by atoms with Gasteiger partial charge in [0.15, 0.2) is 0 Å². The fourth-order valence-electron chi connectivity index (χ4n) is 1.72. The molecule has 0 radical (unpaired) electrons. The Morgan fingerprint density at radius 2 is 1.76 bits per heavy atom. The van der Waals surface area contributed by atoms with Crippen molar-refractivity contribution < 1.29 is 9.53 Å². The van der Waals surface area contributed by atoms with Gasteiger partial charge in [-0.1, -0.05) is 45.3 Å². The van der Waals surface area contributed by atoms with Gasteiger partial charge in [-0.25, -0.2) is 0 Å². The average molecular weight is 240 g/mol. The topological polar surface area (TPSA) is 26.3 Å². The summed E-state index contributed by atoms with van der Waals surface area (Å²) in [5.41, 5.74) is 0. The maximum absolute atomic E-state index is 9.72. The molecule has 0 bridgehead atoms. The largest absolute Gasteiger partial charge is 0.468 e. The van der Waals surface area contributed by atoms with E-state index in [0.717, 1.165) is 12.3 Å². The lowest BCUT2D eigenvalue weighted by Gasteiger charge is -2.02. The molecule has 0 aromatic heterocycles. The molecule has 17 heavy (non-hydrogen) atoms. The minimum atomic E-state index is 0.516. The fourth-order valence-corrected chi connectivity index (χ4v) is 1.72. The van der Waals surface area contributed by atoms with E-state index in [2.05, 4.69) is 30.7 Å². The Morgan fingerprint density at radius 1 is 1.12 bits per heavy atom. The van der Waals surface area contributed by atoms with Gasteiger partial charge >= 0.3 is 0 Å². The van der Waals surface area contributed by atoms with Gasteiger partial charge in [-0.2, -0.15) is 0 Å².